The second kappa shape index (κ2) is 5.83. The van der Waals surface area contributed by atoms with Gasteiger partial charge in [0.15, 0.2) is 6.10 Å². The fraction of sp³-hybridized carbons (Fsp3) is 0.188. The lowest BCUT2D eigenvalue weighted by Crippen LogP contribution is -2.44. The summed E-state index contributed by atoms with van der Waals surface area (Å²) in [7, 11) is 0. The van der Waals surface area contributed by atoms with Gasteiger partial charge in [-0.25, -0.2) is 4.39 Å². The molecule has 0 saturated heterocycles. The van der Waals surface area contributed by atoms with Crippen molar-refractivity contribution in [3.63, 3.8) is 0 Å². The Morgan fingerprint density at radius 3 is 2.86 bits per heavy atom. The van der Waals surface area contributed by atoms with Gasteiger partial charge in [-0.2, -0.15) is 0 Å². The number of anilines is 1. The van der Waals surface area contributed by atoms with Gasteiger partial charge in [-0.1, -0.05) is 30.3 Å². The standard InChI is InChI=1S/C16H15FN2O2/c17-12-6-2-1-5-11(12)9-19-16(20)15-10-18-13-7-3-4-8-14(13)21-15/h1-8,15,18H,9-10H2,(H,19,20). The van der Waals surface area contributed by atoms with Crippen molar-refractivity contribution in [1.82, 2.24) is 5.32 Å². The van der Waals surface area contributed by atoms with Crippen LogP contribution in [0.15, 0.2) is 48.5 Å². The van der Waals surface area contributed by atoms with Gasteiger partial charge in [0.25, 0.3) is 5.91 Å². The Balaban J connectivity index is 1.61. The third-order valence-electron chi connectivity index (χ3n) is 3.34. The van der Waals surface area contributed by atoms with Gasteiger partial charge < -0.3 is 15.4 Å². The number of hydrogen-bond acceptors (Lipinski definition) is 3. The summed E-state index contributed by atoms with van der Waals surface area (Å²) < 4.78 is 19.1. The van der Waals surface area contributed by atoms with Crippen molar-refractivity contribution < 1.29 is 13.9 Å². The first kappa shape index (κ1) is 13.4. The molecule has 0 aliphatic carbocycles. The van der Waals surface area contributed by atoms with Crippen LogP contribution in [0.1, 0.15) is 5.56 Å². The molecular weight excluding hydrogens is 271 g/mol. The van der Waals surface area contributed by atoms with Gasteiger partial charge >= 0.3 is 0 Å². The van der Waals surface area contributed by atoms with Crippen LogP contribution >= 0.6 is 0 Å². The molecule has 2 aromatic rings. The molecule has 0 fully saturated rings. The Morgan fingerprint density at radius 2 is 2.00 bits per heavy atom. The van der Waals surface area contributed by atoms with Crippen LogP contribution in [0.5, 0.6) is 5.75 Å². The average molecular weight is 286 g/mol. The molecule has 2 N–H and O–H groups in total. The molecule has 5 heteroatoms. The van der Waals surface area contributed by atoms with Gasteiger partial charge in [-0.15, -0.1) is 0 Å². The molecule has 0 radical (unpaired) electrons. The third-order valence-corrected chi connectivity index (χ3v) is 3.34. The predicted octanol–water partition coefficient (Wildman–Crippen LogP) is 2.32. The molecule has 1 unspecified atom stereocenters. The number of carbonyl (C=O) groups is 1. The van der Waals surface area contributed by atoms with E-state index in [0.29, 0.717) is 17.9 Å². The SMILES string of the molecule is O=C(NCc1ccccc1F)C1CNc2ccccc2O1. The number of para-hydroxylation sites is 2. The van der Waals surface area contributed by atoms with E-state index >= 15 is 0 Å². The predicted molar refractivity (Wildman–Crippen MR) is 77.6 cm³/mol. The second-order valence-electron chi connectivity index (χ2n) is 4.79. The van der Waals surface area contributed by atoms with Crippen LogP contribution < -0.4 is 15.4 Å². The molecule has 0 bridgehead atoms. The number of rotatable bonds is 3. The number of halogens is 1. The summed E-state index contributed by atoms with van der Waals surface area (Å²) in [5.74, 6) is 0.0564. The number of ether oxygens (including phenoxy) is 1. The van der Waals surface area contributed by atoms with Crippen LogP contribution in [0.25, 0.3) is 0 Å². The minimum atomic E-state index is -0.619. The number of carbonyl (C=O) groups excluding carboxylic acids is 1. The summed E-state index contributed by atoms with van der Waals surface area (Å²) in [6, 6.07) is 13.8. The first-order valence-corrected chi connectivity index (χ1v) is 6.75. The van der Waals surface area contributed by atoms with Crippen molar-refractivity contribution in [2.24, 2.45) is 0 Å². The molecule has 4 nitrogen and oxygen atoms in total. The number of nitrogens with one attached hydrogen (secondary N) is 2. The van der Waals surface area contributed by atoms with Gasteiger partial charge in [0, 0.05) is 12.1 Å². The molecule has 0 saturated carbocycles. The van der Waals surface area contributed by atoms with Crippen molar-refractivity contribution in [3.05, 3.63) is 59.9 Å². The molecule has 1 heterocycles. The van der Waals surface area contributed by atoms with Gasteiger partial charge in [0.05, 0.1) is 12.2 Å². The Labute approximate surface area is 121 Å². The largest absolute Gasteiger partial charge is 0.477 e. The zero-order valence-corrected chi connectivity index (χ0v) is 11.3. The summed E-state index contributed by atoms with van der Waals surface area (Å²) in [4.78, 5) is 12.1. The average Bonchev–Trinajstić information content (AvgIpc) is 2.53. The Bertz CT molecular complexity index is 660. The highest BCUT2D eigenvalue weighted by molar-refractivity contribution is 5.83. The molecule has 108 valence electrons. The maximum Gasteiger partial charge on any atom is 0.263 e. The minimum absolute atomic E-state index is 0.146. The maximum atomic E-state index is 13.5. The van der Waals surface area contributed by atoms with Crippen molar-refractivity contribution in [3.8, 4) is 5.75 Å². The van der Waals surface area contributed by atoms with E-state index in [-0.39, 0.29) is 18.3 Å². The quantitative estimate of drug-likeness (QED) is 0.910. The highest BCUT2D eigenvalue weighted by Gasteiger charge is 2.25. The zero-order chi connectivity index (χ0) is 14.7. The number of amides is 1. The molecule has 1 aliphatic heterocycles. The van der Waals surface area contributed by atoms with E-state index in [1.165, 1.54) is 6.07 Å². The Kier molecular flexibility index (Phi) is 3.73. The zero-order valence-electron chi connectivity index (χ0n) is 11.3. The number of benzene rings is 2. The fourth-order valence-electron chi connectivity index (χ4n) is 2.20. The lowest BCUT2D eigenvalue weighted by Gasteiger charge is -2.26. The van der Waals surface area contributed by atoms with Crippen LogP contribution in [-0.4, -0.2) is 18.6 Å². The van der Waals surface area contributed by atoms with Crippen molar-refractivity contribution in [2.45, 2.75) is 12.6 Å². The van der Waals surface area contributed by atoms with E-state index in [4.69, 9.17) is 4.74 Å². The van der Waals surface area contributed by atoms with E-state index in [2.05, 4.69) is 10.6 Å². The first-order chi connectivity index (χ1) is 10.2. The Morgan fingerprint density at radius 1 is 1.24 bits per heavy atom. The van der Waals surface area contributed by atoms with Crippen LogP contribution in [0.2, 0.25) is 0 Å². The maximum absolute atomic E-state index is 13.5. The van der Waals surface area contributed by atoms with Gasteiger partial charge in [0.2, 0.25) is 0 Å². The summed E-state index contributed by atoms with van der Waals surface area (Å²) in [6.45, 7) is 0.535. The van der Waals surface area contributed by atoms with Gasteiger partial charge in [-0.05, 0) is 18.2 Å². The summed E-state index contributed by atoms with van der Waals surface area (Å²) >= 11 is 0. The summed E-state index contributed by atoms with van der Waals surface area (Å²) in [5.41, 5.74) is 1.32. The lowest BCUT2D eigenvalue weighted by molar-refractivity contribution is -0.127. The Hall–Kier alpha value is -2.56. The highest BCUT2D eigenvalue weighted by Crippen LogP contribution is 2.28. The van der Waals surface area contributed by atoms with E-state index in [1.54, 1.807) is 24.3 Å². The molecule has 0 spiro atoms. The van der Waals surface area contributed by atoms with Gasteiger partial charge in [-0.3, -0.25) is 4.79 Å². The first-order valence-electron chi connectivity index (χ1n) is 6.75. The smallest absolute Gasteiger partial charge is 0.263 e. The molecule has 2 aromatic carbocycles. The normalized spacial score (nSPS) is 16.3. The van der Waals surface area contributed by atoms with E-state index in [0.717, 1.165) is 5.69 Å². The fourth-order valence-corrected chi connectivity index (χ4v) is 2.20. The molecule has 0 aromatic heterocycles. The number of fused-ring (bicyclic) bond motifs is 1. The van der Waals surface area contributed by atoms with Gasteiger partial charge in [0.1, 0.15) is 11.6 Å². The van der Waals surface area contributed by atoms with Crippen molar-refractivity contribution in [2.75, 3.05) is 11.9 Å². The van der Waals surface area contributed by atoms with Crippen molar-refractivity contribution >= 4 is 11.6 Å². The monoisotopic (exact) mass is 286 g/mol. The molecule has 1 amide bonds. The second-order valence-corrected chi connectivity index (χ2v) is 4.79. The van der Waals surface area contributed by atoms with E-state index < -0.39 is 6.10 Å². The molecule has 3 rings (SSSR count). The number of hydrogen-bond donors (Lipinski definition) is 2. The van der Waals surface area contributed by atoms with E-state index in [9.17, 15) is 9.18 Å². The lowest BCUT2D eigenvalue weighted by atomic mass is 10.2. The highest BCUT2D eigenvalue weighted by atomic mass is 19.1. The molecule has 21 heavy (non-hydrogen) atoms. The van der Waals surface area contributed by atoms with Crippen LogP contribution in [0.4, 0.5) is 10.1 Å². The van der Waals surface area contributed by atoms with Crippen molar-refractivity contribution in [1.29, 1.82) is 0 Å². The van der Waals surface area contributed by atoms with Crippen LogP contribution in [0, 0.1) is 5.82 Å². The minimum Gasteiger partial charge on any atom is -0.477 e. The third kappa shape index (κ3) is 2.97. The molecule has 1 aliphatic rings. The molecular formula is C16H15FN2O2. The van der Waals surface area contributed by atoms with Crippen LogP contribution in [-0.2, 0) is 11.3 Å². The summed E-state index contributed by atoms with van der Waals surface area (Å²) in [6.07, 6.45) is -0.619. The topological polar surface area (TPSA) is 50.4 Å². The molecule has 1 atom stereocenters. The summed E-state index contributed by atoms with van der Waals surface area (Å²) in [5, 5.41) is 5.84. The van der Waals surface area contributed by atoms with E-state index in [1.807, 2.05) is 18.2 Å². The van der Waals surface area contributed by atoms with Crippen LogP contribution in [0.3, 0.4) is 0 Å².